The fourth-order valence-corrected chi connectivity index (χ4v) is 3.06. The lowest BCUT2D eigenvalue weighted by molar-refractivity contribution is 0.151. The van der Waals surface area contributed by atoms with Crippen molar-refractivity contribution in [3.05, 3.63) is 34.1 Å². The van der Waals surface area contributed by atoms with Crippen LogP contribution in [0.2, 0.25) is 0 Å². The summed E-state index contributed by atoms with van der Waals surface area (Å²) in [5, 5.41) is 3.36. The van der Waals surface area contributed by atoms with Crippen LogP contribution in [0, 0.1) is 11.7 Å². The Labute approximate surface area is 135 Å². The van der Waals surface area contributed by atoms with E-state index >= 15 is 0 Å². The molecule has 0 unspecified atom stereocenters. The maximum Gasteiger partial charge on any atom is 0.128 e. The fourth-order valence-electron chi connectivity index (χ4n) is 2.68. The molecule has 0 aromatic heterocycles. The van der Waals surface area contributed by atoms with Crippen molar-refractivity contribution in [2.75, 3.05) is 26.2 Å². The highest BCUT2D eigenvalue weighted by Crippen LogP contribution is 2.31. The second-order valence-corrected chi connectivity index (χ2v) is 6.51. The molecule has 1 atom stereocenters. The van der Waals surface area contributed by atoms with Crippen molar-refractivity contribution in [1.29, 1.82) is 0 Å². The molecule has 2 nitrogen and oxygen atoms in total. The molecule has 0 spiro atoms. The Kier molecular flexibility index (Phi) is 7.45. The Morgan fingerprint density at radius 2 is 1.95 bits per heavy atom. The molecule has 0 radical (unpaired) electrons. The number of piperazine rings is 1. The van der Waals surface area contributed by atoms with Crippen LogP contribution in [0.5, 0.6) is 0 Å². The van der Waals surface area contributed by atoms with Crippen LogP contribution in [0.25, 0.3) is 0 Å². The van der Waals surface area contributed by atoms with Crippen LogP contribution in [-0.2, 0) is 0 Å². The molecule has 0 bridgehead atoms. The lowest BCUT2D eigenvalue weighted by atomic mass is 9.94. The molecule has 1 aromatic carbocycles. The first-order chi connectivity index (χ1) is 9.08. The van der Waals surface area contributed by atoms with Crippen molar-refractivity contribution < 1.29 is 4.39 Å². The highest BCUT2D eigenvalue weighted by Gasteiger charge is 2.25. The predicted octanol–water partition coefficient (Wildman–Crippen LogP) is 4.00. The van der Waals surface area contributed by atoms with Gasteiger partial charge in [-0.15, -0.1) is 12.4 Å². The van der Waals surface area contributed by atoms with Crippen LogP contribution in [-0.4, -0.2) is 31.1 Å². The molecule has 2 rings (SSSR count). The molecule has 20 heavy (non-hydrogen) atoms. The van der Waals surface area contributed by atoms with Gasteiger partial charge in [-0.2, -0.15) is 0 Å². The molecule has 1 aromatic rings. The number of benzene rings is 1. The van der Waals surface area contributed by atoms with E-state index in [2.05, 4.69) is 40.0 Å². The molecule has 1 aliphatic rings. The first kappa shape index (κ1) is 17.9. The summed E-state index contributed by atoms with van der Waals surface area (Å²) in [5.41, 5.74) is 0.824. The van der Waals surface area contributed by atoms with Gasteiger partial charge in [0, 0.05) is 42.3 Å². The van der Waals surface area contributed by atoms with Gasteiger partial charge in [-0.1, -0.05) is 29.8 Å². The monoisotopic (exact) mass is 364 g/mol. The van der Waals surface area contributed by atoms with Crippen molar-refractivity contribution in [1.82, 2.24) is 10.2 Å². The zero-order valence-corrected chi connectivity index (χ0v) is 14.4. The molecular weight excluding hydrogens is 343 g/mol. The van der Waals surface area contributed by atoms with Crippen LogP contribution in [0.3, 0.4) is 0 Å². The Balaban J connectivity index is 0.00000200. The molecule has 0 amide bonds. The standard InChI is InChI=1S/C15H22BrFN2.ClH/c1-11(2)9-15(19-7-5-18-6-8-19)13-10-12(16)3-4-14(13)17;/h3-4,10-11,15,18H,5-9H2,1-2H3;1H/t15-;/m1./s1. The van der Waals surface area contributed by atoms with Crippen molar-refractivity contribution in [3.63, 3.8) is 0 Å². The summed E-state index contributed by atoms with van der Waals surface area (Å²) in [5.74, 6) is 0.464. The average molecular weight is 366 g/mol. The highest BCUT2D eigenvalue weighted by atomic mass is 79.9. The highest BCUT2D eigenvalue weighted by molar-refractivity contribution is 9.10. The van der Waals surface area contributed by atoms with Crippen LogP contribution in [0.4, 0.5) is 4.39 Å². The smallest absolute Gasteiger partial charge is 0.128 e. The third kappa shape index (κ3) is 4.69. The third-order valence-electron chi connectivity index (χ3n) is 3.60. The summed E-state index contributed by atoms with van der Waals surface area (Å²) in [4.78, 5) is 2.40. The third-order valence-corrected chi connectivity index (χ3v) is 4.10. The minimum absolute atomic E-state index is 0. The minimum atomic E-state index is -0.0904. The molecule has 0 saturated carbocycles. The number of hydrogen-bond acceptors (Lipinski definition) is 2. The first-order valence-corrected chi connectivity index (χ1v) is 7.77. The van der Waals surface area contributed by atoms with Gasteiger partial charge in [0.25, 0.3) is 0 Å². The van der Waals surface area contributed by atoms with Crippen molar-refractivity contribution in [2.45, 2.75) is 26.3 Å². The second kappa shape index (κ2) is 8.32. The Bertz CT molecular complexity index is 422. The van der Waals surface area contributed by atoms with E-state index in [4.69, 9.17) is 0 Å². The SMILES string of the molecule is CC(C)C[C@H](c1cc(Br)ccc1F)N1CCNCC1.Cl. The quantitative estimate of drug-likeness (QED) is 0.867. The molecule has 114 valence electrons. The molecule has 1 heterocycles. The lowest BCUT2D eigenvalue weighted by Gasteiger charge is -2.36. The molecule has 1 fully saturated rings. The van der Waals surface area contributed by atoms with Gasteiger partial charge in [0.05, 0.1) is 0 Å². The summed E-state index contributed by atoms with van der Waals surface area (Å²) in [6.07, 6.45) is 0.993. The number of hydrogen-bond donors (Lipinski definition) is 1. The number of nitrogens with one attached hydrogen (secondary N) is 1. The molecule has 1 saturated heterocycles. The zero-order chi connectivity index (χ0) is 13.8. The van der Waals surface area contributed by atoms with E-state index in [0.717, 1.165) is 42.6 Å². The summed E-state index contributed by atoms with van der Waals surface area (Å²) in [7, 11) is 0. The average Bonchev–Trinajstić information content (AvgIpc) is 2.40. The maximum absolute atomic E-state index is 14.2. The maximum atomic E-state index is 14.2. The molecule has 5 heteroatoms. The normalized spacial score (nSPS) is 17.9. The van der Waals surface area contributed by atoms with Gasteiger partial charge in [0.1, 0.15) is 5.82 Å². The zero-order valence-electron chi connectivity index (χ0n) is 12.0. The summed E-state index contributed by atoms with van der Waals surface area (Å²) in [6.45, 7) is 8.36. The van der Waals surface area contributed by atoms with Crippen LogP contribution >= 0.6 is 28.3 Å². The number of halogens is 3. The second-order valence-electron chi connectivity index (χ2n) is 5.60. The lowest BCUT2D eigenvalue weighted by Crippen LogP contribution is -2.45. The van der Waals surface area contributed by atoms with Gasteiger partial charge in [0.15, 0.2) is 0 Å². The van der Waals surface area contributed by atoms with Gasteiger partial charge in [0.2, 0.25) is 0 Å². The van der Waals surface area contributed by atoms with Gasteiger partial charge in [-0.3, -0.25) is 4.90 Å². The van der Waals surface area contributed by atoms with Crippen LogP contribution in [0.15, 0.2) is 22.7 Å². The first-order valence-electron chi connectivity index (χ1n) is 6.97. The van der Waals surface area contributed by atoms with Gasteiger partial charge >= 0.3 is 0 Å². The van der Waals surface area contributed by atoms with E-state index in [0.29, 0.717) is 5.92 Å². The topological polar surface area (TPSA) is 15.3 Å². The fraction of sp³-hybridized carbons (Fsp3) is 0.600. The van der Waals surface area contributed by atoms with Gasteiger partial charge in [-0.25, -0.2) is 4.39 Å². The van der Waals surface area contributed by atoms with E-state index in [1.165, 1.54) is 0 Å². The van der Waals surface area contributed by atoms with E-state index in [-0.39, 0.29) is 24.3 Å². The van der Waals surface area contributed by atoms with Crippen molar-refractivity contribution in [3.8, 4) is 0 Å². The van der Waals surface area contributed by atoms with E-state index in [1.807, 2.05) is 6.07 Å². The molecular formula is C15H23BrClFN2. The largest absolute Gasteiger partial charge is 0.314 e. The molecule has 1 N–H and O–H groups in total. The molecule has 0 aliphatic carbocycles. The number of nitrogens with zero attached hydrogens (tertiary/aromatic N) is 1. The Morgan fingerprint density at radius 1 is 1.30 bits per heavy atom. The summed E-state index contributed by atoms with van der Waals surface area (Å²) < 4.78 is 15.1. The van der Waals surface area contributed by atoms with E-state index < -0.39 is 0 Å². The van der Waals surface area contributed by atoms with Crippen LogP contribution in [0.1, 0.15) is 31.9 Å². The van der Waals surface area contributed by atoms with E-state index in [9.17, 15) is 4.39 Å². The minimum Gasteiger partial charge on any atom is -0.314 e. The Hall–Kier alpha value is -0.160. The van der Waals surface area contributed by atoms with E-state index in [1.54, 1.807) is 12.1 Å². The van der Waals surface area contributed by atoms with Crippen molar-refractivity contribution in [2.24, 2.45) is 5.92 Å². The summed E-state index contributed by atoms with van der Waals surface area (Å²) >= 11 is 3.46. The van der Waals surface area contributed by atoms with Gasteiger partial charge < -0.3 is 5.32 Å². The van der Waals surface area contributed by atoms with Crippen LogP contribution < -0.4 is 5.32 Å². The Morgan fingerprint density at radius 3 is 2.55 bits per heavy atom. The summed E-state index contributed by atoms with van der Waals surface area (Å²) in [6, 6.07) is 5.45. The molecule has 1 aliphatic heterocycles. The number of rotatable bonds is 4. The predicted molar refractivity (Wildman–Crippen MR) is 88.0 cm³/mol. The van der Waals surface area contributed by atoms with Gasteiger partial charge in [-0.05, 0) is 30.5 Å². The van der Waals surface area contributed by atoms with Crippen molar-refractivity contribution >= 4 is 28.3 Å².